The van der Waals surface area contributed by atoms with Crippen molar-refractivity contribution in [1.29, 1.82) is 0 Å². The summed E-state index contributed by atoms with van der Waals surface area (Å²) in [5.41, 5.74) is 7.20. The normalized spacial score (nSPS) is 11.3. The predicted octanol–water partition coefficient (Wildman–Crippen LogP) is 4.58. The van der Waals surface area contributed by atoms with Gasteiger partial charge in [0.2, 0.25) is 11.5 Å². The van der Waals surface area contributed by atoms with Gasteiger partial charge in [-0.3, -0.25) is 14.2 Å². The van der Waals surface area contributed by atoms with Crippen LogP contribution in [0.1, 0.15) is 38.4 Å². The van der Waals surface area contributed by atoms with E-state index < -0.39 is 5.91 Å². The zero-order valence-electron chi connectivity index (χ0n) is 19.6. The van der Waals surface area contributed by atoms with Crippen molar-refractivity contribution < 1.29 is 4.79 Å². The molecular formula is C27H25N5O2. The van der Waals surface area contributed by atoms with Gasteiger partial charge in [-0.2, -0.15) is 4.98 Å². The Labute approximate surface area is 196 Å². The highest BCUT2D eigenvalue weighted by molar-refractivity contribution is 6.02. The van der Waals surface area contributed by atoms with Crippen molar-refractivity contribution in [3.63, 3.8) is 0 Å². The van der Waals surface area contributed by atoms with E-state index in [0.717, 1.165) is 33.3 Å². The number of carbonyl (C=O) groups excluding carboxylic acids is 1. The highest BCUT2D eigenvalue weighted by atomic mass is 16.2. The summed E-state index contributed by atoms with van der Waals surface area (Å²) in [5.74, 6) is -0.506. The highest BCUT2D eigenvalue weighted by Crippen LogP contribution is 2.20. The van der Waals surface area contributed by atoms with Gasteiger partial charge in [0.05, 0.1) is 17.6 Å². The molecule has 0 saturated carbocycles. The van der Waals surface area contributed by atoms with Crippen LogP contribution in [0.4, 0.5) is 5.69 Å². The molecule has 0 aliphatic rings. The number of benzene rings is 3. The minimum atomic E-state index is -0.458. The smallest absolute Gasteiger partial charge is 0.296 e. The maximum Gasteiger partial charge on any atom is 0.296 e. The maximum absolute atomic E-state index is 13.6. The van der Waals surface area contributed by atoms with Gasteiger partial charge in [-0.15, -0.1) is 5.10 Å². The van der Waals surface area contributed by atoms with Crippen LogP contribution in [0.25, 0.3) is 16.7 Å². The fourth-order valence-corrected chi connectivity index (χ4v) is 4.22. The van der Waals surface area contributed by atoms with E-state index in [1.54, 1.807) is 4.57 Å². The van der Waals surface area contributed by atoms with Crippen LogP contribution in [-0.2, 0) is 6.54 Å². The molecule has 5 aromatic rings. The Morgan fingerprint density at radius 2 is 1.62 bits per heavy atom. The van der Waals surface area contributed by atoms with Gasteiger partial charge in [0.25, 0.3) is 11.5 Å². The summed E-state index contributed by atoms with van der Waals surface area (Å²) in [6.45, 7) is 8.34. The van der Waals surface area contributed by atoms with E-state index in [-0.39, 0.29) is 17.0 Å². The largest absolute Gasteiger partial charge is 0.319 e. The van der Waals surface area contributed by atoms with E-state index in [9.17, 15) is 9.59 Å². The van der Waals surface area contributed by atoms with Gasteiger partial charge in [-0.1, -0.05) is 48.0 Å². The first-order valence-electron chi connectivity index (χ1n) is 11.1. The van der Waals surface area contributed by atoms with Crippen LogP contribution in [0.5, 0.6) is 0 Å². The third kappa shape index (κ3) is 3.75. The third-order valence-corrected chi connectivity index (χ3v) is 6.12. The molecule has 34 heavy (non-hydrogen) atoms. The molecule has 0 unspecified atom stereocenters. The molecule has 0 bridgehead atoms. The van der Waals surface area contributed by atoms with Crippen molar-refractivity contribution in [2.24, 2.45) is 0 Å². The number of rotatable bonds is 4. The van der Waals surface area contributed by atoms with Gasteiger partial charge in [0, 0.05) is 5.69 Å². The third-order valence-electron chi connectivity index (χ3n) is 6.12. The number of nitrogens with one attached hydrogen (secondary N) is 1. The van der Waals surface area contributed by atoms with E-state index >= 15 is 0 Å². The van der Waals surface area contributed by atoms with Crippen LogP contribution >= 0.6 is 0 Å². The lowest BCUT2D eigenvalue weighted by Crippen LogP contribution is -2.24. The van der Waals surface area contributed by atoms with E-state index in [1.807, 2.05) is 88.4 Å². The first kappa shape index (κ1) is 21.6. The predicted molar refractivity (Wildman–Crippen MR) is 134 cm³/mol. The van der Waals surface area contributed by atoms with Gasteiger partial charge in [0.15, 0.2) is 0 Å². The molecule has 2 aromatic heterocycles. The lowest BCUT2D eigenvalue weighted by atomic mass is 10.1. The lowest BCUT2D eigenvalue weighted by Gasteiger charge is -2.13. The van der Waals surface area contributed by atoms with E-state index in [0.29, 0.717) is 17.7 Å². The Kier molecular flexibility index (Phi) is 5.24. The molecule has 7 heteroatoms. The Hall–Kier alpha value is -4.26. The summed E-state index contributed by atoms with van der Waals surface area (Å²) in [7, 11) is 0. The molecule has 5 rings (SSSR count). The van der Waals surface area contributed by atoms with Crippen LogP contribution < -0.4 is 10.9 Å². The number of fused-ring (bicyclic) bond motifs is 3. The second-order valence-corrected chi connectivity index (χ2v) is 8.75. The topological polar surface area (TPSA) is 81.3 Å². The number of hydrogen-bond donors (Lipinski definition) is 1. The zero-order chi connectivity index (χ0) is 24.0. The average Bonchev–Trinajstić information content (AvgIpc) is 3.25. The first-order chi connectivity index (χ1) is 16.3. The van der Waals surface area contributed by atoms with E-state index in [1.165, 1.54) is 4.52 Å². The van der Waals surface area contributed by atoms with Gasteiger partial charge in [-0.25, -0.2) is 4.52 Å². The number of aryl methyl sites for hydroxylation is 4. The molecule has 0 atom stereocenters. The van der Waals surface area contributed by atoms with Crippen molar-refractivity contribution in [3.05, 3.63) is 105 Å². The first-order valence-corrected chi connectivity index (χ1v) is 11.1. The second-order valence-electron chi connectivity index (χ2n) is 8.75. The number of hydrogen-bond acceptors (Lipinski definition) is 4. The standard InChI is InChI=1S/C27H25N5O2/c1-16-9-11-21(19(4)13-16)28-26(33)24-29-25-27(34)31(15-20-8-6-5-7-18(20)3)23-14-17(2)10-12-22(23)32(25)30-24/h5-14H,15H2,1-4H3,(H,28,33). The van der Waals surface area contributed by atoms with E-state index in [4.69, 9.17) is 0 Å². The molecule has 0 saturated heterocycles. The molecule has 0 radical (unpaired) electrons. The van der Waals surface area contributed by atoms with Crippen LogP contribution in [-0.4, -0.2) is 25.1 Å². The molecule has 0 spiro atoms. The molecule has 7 nitrogen and oxygen atoms in total. The SMILES string of the molecule is Cc1ccc(NC(=O)c2nc3c(=O)n(Cc4ccccc4C)c4cc(C)ccc4n3n2)c(C)c1. The molecule has 1 N–H and O–H groups in total. The zero-order valence-corrected chi connectivity index (χ0v) is 19.6. The fourth-order valence-electron chi connectivity index (χ4n) is 4.22. The maximum atomic E-state index is 13.6. The number of aromatic nitrogens is 4. The van der Waals surface area contributed by atoms with Crippen LogP contribution in [0.3, 0.4) is 0 Å². The van der Waals surface area contributed by atoms with Crippen molar-refractivity contribution in [3.8, 4) is 0 Å². The van der Waals surface area contributed by atoms with Crippen molar-refractivity contribution in [2.75, 3.05) is 5.32 Å². The Morgan fingerprint density at radius 3 is 2.38 bits per heavy atom. The number of amides is 1. The van der Waals surface area contributed by atoms with Crippen LogP contribution in [0.2, 0.25) is 0 Å². The Morgan fingerprint density at radius 1 is 0.882 bits per heavy atom. The summed E-state index contributed by atoms with van der Waals surface area (Å²) in [6.07, 6.45) is 0. The van der Waals surface area contributed by atoms with Crippen molar-refractivity contribution in [2.45, 2.75) is 34.2 Å². The number of carbonyl (C=O) groups is 1. The van der Waals surface area contributed by atoms with Gasteiger partial charge in [0.1, 0.15) is 0 Å². The average molecular weight is 452 g/mol. The summed E-state index contributed by atoms with van der Waals surface area (Å²) in [4.78, 5) is 30.9. The fraction of sp³-hybridized carbons (Fsp3) is 0.185. The summed E-state index contributed by atoms with van der Waals surface area (Å²) in [6, 6.07) is 19.6. The number of anilines is 1. The minimum absolute atomic E-state index is 0.0485. The summed E-state index contributed by atoms with van der Waals surface area (Å²) >= 11 is 0. The molecule has 1 amide bonds. The summed E-state index contributed by atoms with van der Waals surface area (Å²) < 4.78 is 3.18. The molecule has 0 aliphatic carbocycles. The van der Waals surface area contributed by atoms with Crippen LogP contribution in [0, 0.1) is 27.7 Å². The Balaban J connectivity index is 1.65. The highest BCUT2D eigenvalue weighted by Gasteiger charge is 2.20. The van der Waals surface area contributed by atoms with Gasteiger partial charge < -0.3 is 5.32 Å². The second kappa shape index (κ2) is 8.26. The molecule has 0 aliphatic heterocycles. The van der Waals surface area contributed by atoms with Gasteiger partial charge >= 0.3 is 0 Å². The van der Waals surface area contributed by atoms with Gasteiger partial charge in [-0.05, 0) is 68.1 Å². The quantitative estimate of drug-likeness (QED) is 0.434. The molecule has 2 heterocycles. The molecule has 170 valence electrons. The minimum Gasteiger partial charge on any atom is -0.319 e. The van der Waals surface area contributed by atoms with Crippen LogP contribution in [0.15, 0.2) is 65.5 Å². The molecule has 3 aromatic carbocycles. The van der Waals surface area contributed by atoms with Crippen molar-refractivity contribution in [1.82, 2.24) is 19.2 Å². The molecule has 0 fully saturated rings. The van der Waals surface area contributed by atoms with Crippen molar-refractivity contribution >= 4 is 28.3 Å². The Bertz CT molecular complexity index is 1650. The summed E-state index contributed by atoms with van der Waals surface area (Å²) in [5, 5.41) is 7.29. The molecular weight excluding hydrogens is 426 g/mol. The lowest BCUT2D eigenvalue weighted by molar-refractivity contribution is 0.101. The monoisotopic (exact) mass is 451 g/mol. The number of nitrogens with zero attached hydrogens (tertiary/aromatic N) is 4. The van der Waals surface area contributed by atoms with E-state index in [2.05, 4.69) is 15.4 Å².